The molecule has 0 aliphatic carbocycles. The van der Waals surface area contributed by atoms with Crippen molar-refractivity contribution in [2.24, 2.45) is 0 Å². The third-order valence-corrected chi connectivity index (χ3v) is 4.37. The van der Waals surface area contributed by atoms with Crippen molar-refractivity contribution in [3.63, 3.8) is 0 Å². The topological polar surface area (TPSA) is 44.3 Å². The van der Waals surface area contributed by atoms with Crippen molar-refractivity contribution in [2.45, 2.75) is 33.2 Å². The van der Waals surface area contributed by atoms with E-state index in [1.807, 2.05) is 0 Å². The highest BCUT2D eigenvalue weighted by molar-refractivity contribution is 9.10. The van der Waals surface area contributed by atoms with Gasteiger partial charge in [-0.15, -0.1) is 0 Å². The monoisotopic (exact) mass is 341 g/mol. The zero-order valence-corrected chi connectivity index (χ0v) is 14.4. The number of anilines is 2. The molecule has 1 aromatic rings. The molecular weight excluding hydrogens is 318 g/mol. The fourth-order valence-corrected chi connectivity index (χ4v) is 3.06. The van der Waals surface area contributed by atoms with E-state index in [1.54, 1.807) is 6.33 Å². The van der Waals surface area contributed by atoms with E-state index in [4.69, 9.17) is 0 Å². The van der Waals surface area contributed by atoms with Gasteiger partial charge in [-0.05, 0) is 43.6 Å². The lowest BCUT2D eigenvalue weighted by molar-refractivity contribution is 0.128. The minimum Gasteiger partial charge on any atom is -0.369 e. The molecule has 1 fully saturated rings. The van der Waals surface area contributed by atoms with Crippen molar-refractivity contribution >= 4 is 27.6 Å². The van der Waals surface area contributed by atoms with Gasteiger partial charge in [-0.1, -0.05) is 0 Å². The van der Waals surface area contributed by atoms with Crippen LogP contribution in [0.5, 0.6) is 0 Å². The van der Waals surface area contributed by atoms with Gasteiger partial charge < -0.3 is 10.2 Å². The first-order valence-electron chi connectivity index (χ1n) is 7.18. The quantitative estimate of drug-likeness (QED) is 0.915. The lowest BCUT2D eigenvalue weighted by Crippen LogP contribution is -2.53. The summed E-state index contributed by atoms with van der Waals surface area (Å²) in [6.45, 7) is 13.9. The number of nitrogens with one attached hydrogen (secondary N) is 1. The van der Waals surface area contributed by atoms with Crippen LogP contribution in [0.2, 0.25) is 0 Å². The van der Waals surface area contributed by atoms with Crippen LogP contribution >= 0.6 is 15.9 Å². The Labute approximate surface area is 129 Å². The molecule has 2 rings (SSSR count). The predicted molar refractivity (Wildman–Crippen MR) is 87.4 cm³/mol. The summed E-state index contributed by atoms with van der Waals surface area (Å²) in [5.41, 5.74) is 0.240. The van der Waals surface area contributed by atoms with Crippen LogP contribution < -0.4 is 10.2 Å². The second-order valence-corrected chi connectivity index (χ2v) is 6.83. The Balaban J connectivity index is 2.09. The van der Waals surface area contributed by atoms with Gasteiger partial charge in [0.1, 0.15) is 22.4 Å². The van der Waals surface area contributed by atoms with Crippen LogP contribution in [-0.2, 0) is 0 Å². The number of nitrogens with zero attached hydrogens (tertiary/aromatic N) is 4. The molecule has 20 heavy (non-hydrogen) atoms. The fourth-order valence-electron chi connectivity index (χ4n) is 2.46. The van der Waals surface area contributed by atoms with Crippen LogP contribution in [0.15, 0.2) is 10.8 Å². The summed E-state index contributed by atoms with van der Waals surface area (Å²) in [7, 11) is 0. The molecule has 0 spiro atoms. The molecule has 1 aliphatic heterocycles. The molecule has 0 radical (unpaired) electrons. The highest BCUT2D eigenvalue weighted by Gasteiger charge is 2.27. The Bertz CT molecular complexity index is 449. The number of hydrogen-bond donors (Lipinski definition) is 1. The van der Waals surface area contributed by atoms with Crippen molar-refractivity contribution in [1.82, 2.24) is 14.9 Å². The maximum atomic E-state index is 4.44. The van der Waals surface area contributed by atoms with Gasteiger partial charge in [-0.3, -0.25) is 4.90 Å². The molecule has 0 saturated carbocycles. The van der Waals surface area contributed by atoms with Gasteiger partial charge in [-0.2, -0.15) is 0 Å². The summed E-state index contributed by atoms with van der Waals surface area (Å²) in [6, 6.07) is 0. The van der Waals surface area contributed by atoms with E-state index in [-0.39, 0.29) is 5.54 Å². The van der Waals surface area contributed by atoms with Crippen LogP contribution in [0.1, 0.15) is 27.7 Å². The summed E-state index contributed by atoms with van der Waals surface area (Å²) in [5.74, 6) is 1.86. The Morgan fingerprint density at radius 1 is 1.20 bits per heavy atom. The second-order valence-electron chi connectivity index (χ2n) is 6.04. The van der Waals surface area contributed by atoms with E-state index in [2.05, 4.69) is 68.7 Å². The lowest BCUT2D eigenvalue weighted by atomic mass is 10.1. The van der Waals surface area contributed by atoms with Crippen LogP contribution in [-0.4, -0.2) is 53.1 Å². The molecule has 6 heteroatoms. The molecule has 0 bridgehead atoms. The van der Waals surface area contributed by atoms with Crippen LogP contribution in [0.4, 0.5) is 11.6 Å². The smallest absolute Gasteiger partial charge is 0.148 e. The third kappa shape index (κ3) is 3.41. The molecule has 5 nitrogen and oxygen atoms in total. The van der Waals surface area contributed by atoms with Gasteiger partial charge in [0.15, 0.2) is 0 Å². The standard InChI is InChI=1S/C14H24BrN5/c1-5-16-12-11(15)13(18-10-17-12)19-6-8-20(9-7-19)14(2,3)4/h10H,5-9H2,1-4H3,(H,16,17,18). The SMILES string of the molecule is CCNc1ncnc(N2CCN(C(C)(C)C)CC2)c1Br. The molecule has 0 amide bonds. The molecule has 0 unspecified atom stereocenters. The van der Waals surface area contributed by atoms with Gasteiger partial charge in [-0.25, -0.2) is 9.97 Å². The summed E-state index contributed by atoms with van der Waals surface area (Å²) < 4.78 is 0.964. The molecule has 0 atom stereocenters. The Kier molecular flexibility index (Phi) is 4.86. The maximum absolute atomic E-state index is 4.44. The molecule has 1 saturated heterocycles. The molecule has 1 aromatic heterocycles. The summed E-state index contributed by atoms with van der Waals surface area (Å²) in [5, 5.41) is 3.25. The van der Waals surface area contributed by atoms with E-state index >= 15 is 0 Å². The van der Waals surface area contributed by atoms with Crippen LogP contribution in [0, 0.1) is 0 Å². The number of halogens is 1. The van der Waals surface area contributed by atoms with Crippen molar-refractivity contribution in [3.05, 3.63) is 10.8 Å². The molecular formula is C14H24BrN5. The Morgan fingerprint density at radius 2 is 1.85 bits per heavy atom. The third-order valence-electron chi connectivity index (χ3n) is 3.64. The van der Waals surface area contributed by atoms with Crippen molar-refractivity contribution < 1.29 is 0 Å². The lowest BCUT2D eigenvalue weighted by Gasteiger charge is -2.42. The predicted octanol–water partition coefficient (Wildman–Crippen LogP) is 2.59. The Morgan fingerprint density at radius 3 is 2.40 bits per heavy atom. The molecule has 112 valence electrons. The number of rotatable bonds is 3. The zero-order valence-electron chi connectivity index (χ0n) is 12.8. The van der Waals surface area contributed by atoms with Gasteiger partial charge in [0.25, 0.3) is 0 Å². The van der Waals surface area contributed by atoms with Gasteiger partial charge in [0.2, 0.25) is 0 Å². The highest BCUT2D eigenvalue weighted by atomic mass is 79.9. The minimum absolute atomic E-state index is 0.240. The molecule has 1 aliphatic rings. The summed E-state index contributed by atoms with van der Waals surface area (Å²) in [6.07, 6.45) is 1.63. The molecule has 2 heterocycles. The number of piperazine rings is 1. The van der Waals surface area contributed by atoms with E-state index in [0.29, 0.717) is 0 Å². The summed E-state index contributed by atoms with van der Waals surface area (Å²) >= 11 is 3.63. The highest BCUT2D eigenvalue weighted by Crippen LogP contribution is 2.30. The number of hydrogen-bond acceptors (Lipinski definition) is 5. The largest absolute Gasteiger partial charge is 0.369 e. The second kappa shape index (κ2) is 6.26. The Hall–Kier alpha value is -0.880. The zero-order chi connectivity index (χ0) is 14.8. The van der Waals surface area contributed by atoms with Crippen molar-refractivity contribution in [3.8, 4) is 0 Å². The molecule has 1 N–H and O–H groups in total. The fraction of sp³-hybridized carbons (Fsp3) is 0.714. The van der Waals surface area contributed by atoms with Crippen molar-refractivity contribution in [1.29, 1.82) is 0 Å². The normalized spacial score (nSPS) is 17.4. The first-order valence-corrected chi connectivity index (χ1v) is 7.97. The van der Waals surface area contributed by atoms with Crippen LogP contribution in [0.3, 0.4) is 0 Å². The first-order chi connectivity index (χ1) is 9.43. The van der Waals surface area contributed by atoms with Crippen molar-refractivity contribution in [2.75, 3.05) is 42.9 Å². The van der Waals surface area contributed by atoms with Crippen LogP contribution in [0.25, 0.3) is 0 Å². The van der Waals surface area contributed by atoms with E-state index < -0.39 is 0 Å². The first kappa shape index (κ1) is 15.5. The maximum Gasteiger partial charge on any atom is 0.148 e. The summed E-state index contributed by atoms with van der Waals surface area (Å²) in [4.78, 5) is 13.6. The van der Waals surface area contributed by atoms with Gasteiger partial charge >= 0.3 is 0 Å². The van der Waals surface area contributed by atoms with E-state index in [0.717, 1.165) is 48.8 Å². The van der Waals surface area contributed by atoms with E-state index in [9.17, 15) is 0 Å². The van der Waals surface area contributed by atoms with Gasteiger partial charge in [0, 0.05) is 38.3 Å². The number of aromatic nitrogens is 2. The van der Waals surface area contributed by atoms with Gasteiger partial charge in [0.05, 0.1) is 0 Å². The average molecular weight is 342 g/mol. The minimum atomic E-state index is 0.240. The molecule has 0 aromatic carbocycles. The van der Waals surface area contributed by atoms with E-state index in [1.165, 1.54) is 0 Å². The average Bonchev–Trinajstić information content (AvgIpc) is 2.41.